The number of nitrogens with one attached hydrogen (secondary N) is 1. The van der Waals surface area contributed by atoms with Gasteiger partial charge in [0.25, 0.3) is 0 Å². The molecule has 144 valence electrons. The van der Waals surface area contributed by atoms with E-state index in [-0.39, 0.29) is 0 Å². The summed E-state index contributed by atoms with van der Waals surface area (Å²) in [5, 5.41) is 4.79. The first-order valence-corrected chi connectivity index (χ1v) is 9.53. The van der Waals surface area contributed by atoms with Crippen molar-refractivity contribution < 1.29 is 14.3 Å². The molecule has 1 amide bonds. The van der Waals surface area contributed by atoms with Crippen LogP contribution in [-0.4, -0.2) is 50.1 Å². The molecule has 0 atom stereocenters. The monoisotopic (exact) mass is 389 g/mol. The number of hydrogen-bond acceptors (Lipinski definition) is 5. The van der Waals surface area contributed by atoms with Gasteiger partial charge in [0.1, 0.15) is 0 Å². The zero-order valence-corrected chi connectivity index (χ0v) is 16.2. The molecule has 1 aliphatic carbocycles. The molecule has 1 fully saturated rings. The van der Waals surface area contributed by atoms with Gasteiger partial charge in [-0.3, -0.25) is 0 Å². The van der Waals surface area contributed by atoms with Crippen LogP contribution in [0.1, 0.15) is 25.3 Å². The fourth-order valence-corrected chi connectivity index (χ4v) is 3.38. The maximum Gasteiger partial charge on any atom is 0.427 e. The van der Waals surface area contributed by atoms with Crippen molar-refractivity contribution in [1.29, 1.82) is 0 Å². The Hall–Kier alpha value is -2.31. The van der Waals surface area contributed by atoms with Crippen molar-refractivity contribution in [2.45, 2.75) is 19.8 Å². The highest BCUT2D eigenvalue weighted by Crippen LogP contribution is 2.35. The number of ether oxygens (including phenoxy) is 2. The maximum atomic E-state index is 11.4. The molecule has 1 aromatic carbocycles. The van der Waals surface area contributed by atoms with E-state index in [4.69, 9.17) is 21.1 Å². The van der Waals surface area contributed by atoms with Crippen LogP contribution in [0.4, 0.5) is 4.79 Å². The molecule has 2 aliphatic rings. The molecule has 1 aliphatic heterocycles. The highest BCUT2D eigenvalue weighted by molar-refractivity contribution is 6.30. The molecule has 0 unspecified atom stereocenters. The topological polar surface area (TPSA) is 63.2 Å². The molecule has 27 heavy (non-hydrogen) atoms. The zero-order valence-electron chi connectivity index (χ0n) is 15.4. The summed E-state index contributed by atoms with van der Waals surface area (Å²) in [6.07, 6.45) is 5.18. The molecule has 0 aromatic heterocycles. The first-order valence-electron chi connectivity index (χ1n) is 9.15. The van der Waals surface area contributed by atoms with Gasteiger partial charge in [-0.15, -0.1) is 0 Å². The number of morpholine rings is 1. The van der Waals surface area contributed by atoms with E-state index in [1.807, 2.05) is 24.3 Å². The van der Waals surface area contributed by atoms with Gasteiger partial charge in [0.15, 0.2) is 0 Å². The number of carbonyl (C=O) groups excluding carboxylic acids is 1. The summed E-state index contributed by atoms with van der Waals surface area (Å²) in [6.45, 7) is 5.18. The van der Waals surface area contributed by atoms with Crippen molar-refractivity contribution in [2.24, 2.45) is 5.10 Å². The van der Waals surface area contributed by atoms with E-state index in [1.54, 1.807) is 13.1 Å². The van der Waals surface area contributed by atoms with Crippen LogP contribution in [0.5, 0.6) is 0 Å². The number of hydrazone groups is 1. The van der Waals surface area contributed by atoms with Crippen molar-refractivity contribution in [2.75, 3.05) is 32.9 Å². The van der Waals surface area contributed by atoms with Crippen LogP contribution in [0, 0.1) is 0 Å². The van der Waals surface area contributed by atoms with Crippen molar-refractivity contribution in [1.82, 2.24) is 10.3 Å². The van der Waals surface area contributed by atoms with Gasteiger partial charge >= 0.3 is 6.09 Å². The molecule has 0 spiro atoms. The van der Waals surface area contributed by atoms with E-state index in [0.717, 1.165) is 42.1 Å². The molecule has 1 N–H and O–H groups in total. The van der Waals surface area contributed by atoms with Crippen LogP contribution in [-0.2, 0) is 9.47 Å². The summed E-state index contributed by atoms with van der Waals surface area (Å²) in [5.74, 6) is 0. The Morgan fingerprint density at radius 3 is 2.74 bits per heavy atom. The van der Waals surface area contributed by atoms with Crippen LogP contribution in [0.15, 0.2) is 46.2 Å². The third kappa shape index (κ3) is 5.34. The van der Waals surface area contributed by atoms with Crippen LogP contribution >= 0.6 is 11.6 Å². The number of halogens is 1. The highest BCUT2D eigenvalue weighted by atomic mass is 35.5. The lowest BCUT2D eigenvalue weighted by Gasteiger charge is -2.31. The molecule has 0 saturated carbocycles. The Kier molecular flexibility index (Phi) is 6.90. The van der Waals surface area contributed by atoms with Gasteiger partial charge in [-0.05, 0) is 54.7 Å². The van der Waals surface area contributed by atoms with E-state index in [0.29, 0.717) is 19.8 Å². The minimum atomic E-state index is -0.544. The summed E-state index contributed by atoms with van der Waals surface area (Å²) in [4.78, 5) is 13.8. The third-order valence-corrected chi connectivity index (χ3v) is 4.71. The lowest BCUT2D eigenvalue weighted by atomic mass is 10.1. The molecule has 3 rings (SSSR count). The predicted octanol–water partition coefficient (Wildman–Crippen LogP) is 3.84. The summed E-state index contributed by atoms with van der Waals surface area (Å²) < 4.78 is 10.3. The van der Waals surface area contributed by atoms with E-state index < -0.39 is 6.09 Å². The number of nitrogens with zero attached hydrogens (tertiary/aromatic N) is 2. The largest absolute Gasteiger partial charge is 0.449 e. The average Bonchev–Trinajstić information content (AvgIpc) is 3.07. The van der Waals surface area contributed by atoms with Crippen LogP contribution in [0.3, 0.4) is 0 Å². The van der Waals surface area contributed by atoms with E-state index in [9.17, 15) is 4.79 Å². The first kappa shape index (κ1) is 19.5. The second-order valence-electron chi connectivity index (χ2n) is 6.28. The summed E-state index contributed by atoms with van der Waals surface area (Å²) in [7, 11) is 0. The first-order chi connectivity index (χ1) is 13.2. The summed E-state index contributed by atoms with van der Waals surface area (Å²) in [6, 6.07) is 7.82. The van der Waals surface area contributed by atoms with Crippen LogP contribution < -0.4 is 5.43 Å². The van der Waals surface area contributed by atoms with Crippen molar-refractivity contribution in [3.63, 3.8) is 0 Å². The second kappa shape index (κ2) is 9.58. The third-order valence-electron chi connectivity index (χ3n) is 4.46. The molecule has 1 aromatic rings. The molecule has 0 bridgehead atoms. The lowest BCUT2D eigenvalue weighted by molar-refractivity contribution is 0.0548. The van der Waals surface area contributed by atoms with Gasteiger partial charge in [-0.1, -0.05) is 23.7 Å². The quantitative estimate of drug-likeness (QED) is 0.614. The maximum absolute atomic E-state index is 11.4. The Bertz CT molecular complexity index is 750. The second-order valence-corrected chi connectivity index (χ2v) is 6.72. The summed E-state index contributed by atoms with van der Waals surface area (Å²) >= 11 is 5.99. The van der Waals surface area contributed by atoms with Crippen LogP contribution in [0.25, 0.3) is 6.08 Å². The van der Waals surface area contributed by atoms with Crippen molar-refractivity contribution in [3.05, 3.63) is 51.7 Å². The molecule has 1 saturated heterocycles. The van der Waals surface area contributed by atoms with E-state index in [1.165, 1.54) is 11.3 Å². The van der Waals surface area contributed by atoms with Crippen molar-refractivity contribution in [3.8, 4) is 0 Å². The minimum absolute atomic E-state index is 0.317. The fourth-order valence-electron chi connectivity index (χ4n) is 3.26. The van der Waals surface area contributed by atoms with Gasteiger partial charge in [0.2, 0.25) is 0 Å². The SMILES string of the molecule is CCOC(=O)N/N=C\C1=C(N2CCOCC2)C(=Cc2ccc(Cl)cc2)CC1. The van der Waals surface area contributed by atoms with Gasteiger partial charge in [0.05, 0.1) is 26.0 Å². The zero-order chi connectivity index (χ0) is 19.1. The number of rotatable bonds is 5. The normalized spacial score (nSPS) is 19.2. The van der Waals surface area contributed by atoms with Crippen molar-refractivity contribution >= 4 is 30.0 Å². The number of allylic oxidation sites excluding steroid dienone is 2. The molecular weight excluding hydrogens is 366 g/mol. The van der Waals surface area contributed by atoms with Gasteiger partial charge < -0.3 is 14.4 Å². The van der Waals surface area contributed by atoms with E-state index >= 15 is 0 Å². The Morgan fingerprint density at radius 1 is 1.30 bits per heavy atom. The molecule has 1 heterocycles. The van der Waals surface area contributed by atoms with E-state index in [2.05, 4.69) is 21.5 Å². The molecule has 0 radical (unpaired) electrons. The number of hydrogen-bond donors (Lipinski definition) is 1. The number of benzene rings is 1. The van der Waals surface area contributed by atoms with Gasteiger partial charge in [-0.25, -0.2) is 10.2 Å². The number of amides is 1. The molecule has 7 heteroatoms. The number of carbonyl (C=O) groups is 1. The summed E-state index contributed by atoms with van der Waals surface area (Å²) in [5.41, 5.74) is 7.06. The standard InChI is InChI=1S/C20H24ClN3O3/c1-2-27-20(25)23-22-14-17-6-5-16(13-15-3-7-18(21)8-4-15)19(17)24-9-11-26-12-10-24/h3-4,7-8,13-14H,2,5-6,9-12H2,1H3,(H,23,25)/b16-13?,22-14-. The Balaban J connectivity index is 1.84. The van der Waals surface area contributed by atoms with Gasteiger partial charge in [0, 0.05) is 23.8 Å². The van der Waals surface area contributed by atoms with Gasteiger partial charge in [-0.2, -0.15) is 5.10 Å². The van der Waals surface area contributed by atoms with Crippen LogP contribution in [0.2, 0.25) is 5.02 Å². The molecule has 6 nitrogen and oxygen atoms in total. The highest BCUT2D eigenvalue weighted by Gasteiger charge is 2.25. The lowest BCUT2D eigenvalue weighted by Crippen LogP contribution is -2.36. The predicted molar refractivity (Wildman–Crippen MR) is 107 cm³/mol. The average molecular weight is 390 g/mol. The minimum Gasteiger partial charge on any atom is -0.449 e. The molecular formula is C20H24ClN3O3. The smallest absolute Gasteiger partial charge is 0.427 e. The Morgan fingerprint density at radius 2 is 2.04 bits per heavy atom. The Labute approximate surface area is 164 Å². The fraction of sp³-hybridized carbons (Fsp3) is 0.400.